The van der Waals surface area contributed by atoms with Crippen LogP contribution in [-0.2, 0) is 10.0 Å². The van der Waals surface area contributed by atoms with E-state index in [1.807, 2.05) is 13.0 Å². The van der Waals surface area contributed by atoms with Crippen molar-refractivity contribution in [3.63, 3.8) is 0 Å². The Hall–Kier alpha value is -1.11. The predicted octanol–water partition coefficient (Wildman–Crippen LogP) is 3.44. The van der Waals surface area contributed by atoms with E-state index in [-0.39, 0.29) is 16.2 Å². The zero-order valence-corrected chi connectivity index (χ0v) is 17.1. The summed E-state index contributed by atoms with van der Waals surface area (Å²) in [5, 5.41) is 10.5. The molecule has 1 heterocycles. The largest absolute Gasteiger partial charge is 0.495 e. The molecule has 1 aromatic rings. The summed E-state index contributed by atoms with van der Waals surface area (Å²) in [5.74, 6) is 0.637. The highest BCUT2D eigenvalue weighted by Gasteiger charge is 2.47. The van der Waals surface area contributed by atoms with Crippen LogP contribution >= 0.6 is 0 Å². The number of aryl methyl sites for hydroxylation is 1. The highest BCUT2D eigenvalue weighted by Crippen LogP contribution is 2.46. The molecule has 3 rings (SSSR count). The molecule has 1 spiro atoms. The Balaban J connectivity index is 2.01. The molecule has 1 saturated heterocycles. The molecule has 1 aliphatic heterocycles. The Morgan fingerprint density at radius 3 is 2.54 bits per heavy atom. The first-order valence-corrected chi connectivity index (χ1v) is 11.0. The number of ether oxygens (including phenoxy) is 1. The predicted molar refractivity (Wildman–Crippen MR) is 102 cm³/mol. The van der Waals surface area contributed by atoms with Gasteiger partial charge in [-0.1, -0.05) is 20.3 Å². The number of hydrogen-bond donors (Lipinski definition) is 1. The van der Waals surface area contributed by atoms with Crippen LogP contribution in [0.3, 0.4) is 0 Å². The summed E-state index contributed by atoms with van der Waals surface area (Å²) < 4.78 is 33.9. The minimum Gasteiger partial charge on any atom is -0.495 e. The molecule has 0 amide bonds. The molecule has 1 saturated carbocycles. The lowest BCUT2D eigenvalue weighted by molar-refractivity contribution is 0.0126. The molecule has 2 atom stereocenters. The topological polar surface area (TPSA) is 66.8 Å². The highest BCUT2D eigenvalue weighted by atomic mass is 32.2. The average molecular weight is 382 g/mol. The molecule has 0 aromatic heterocycles. The molecule has 6 heteroatoms. The summed E-state index contributed by atoms with van der Waals surface area (Å²) in [5.41, 5.74) is 1.79. The van der Waals surface area contributed by atoms with Crippen molar-refractivity contribution in [1.82, 2.24) is 4.31 Å². The quantitative estimate of drug-likeness (QED) is 0.867. The Kier molecular flexibility index (Phi) is 5.39. The SMILES string of the molecule is COc1cc(C)c(C(C)C)cc1S(=O)(=O)N1CCC[C@@]2(CCC[C@H]2O)C1. The van der Waals surface area contributed by atoms with E-state index in [0.717, 1.165) is 43.2 Å². The molecule has 2 aliphatic rings. The Bertz CT molecular complexity index is 774. The molecule has 1 N–H and O–H groups in total. The van der Waals surface area contributed by atoms with Gasteiger partial charge in [-0.15, -0.1) is 0 Å². The van der Waals surface area contributed by atoms with Crippen LogP contribution in [0.5, 0.6) is 5.75 Å². The van der Waals surface area contributed by atoms with E-state index in [9.17, 15) is 13.5 Å². The van der Waals surface area contributed by atoms with Gasteiger partial charge in [0.2, 0.25) is 10.0 Å². The fourth-order valence-electron chi connectivity index (χ4n) is 4.72. The number of rotatable bonds is 4. The summed E-state index contributed by atoms with van der Waals surface area (Å²) in [6.07, 6.45) is 3.96. The fraction of sp³-hybridized carbons (Fsp3) is 0.700. The van der Waals surface area contributed by atoms with E-state index in [1.54, 1.807) is 10.4 Å². The first kappa shape index (κ1) is 19.6. The van der Waals surface area contributed by atoms with Gasteiger partial charge in [0.05, 0.1) is 13.2 Å². The number of nitrogens with zero attached hydrogens (tertiary/aromatic N) is 1. The van der Waals surface area contributed by atoms with Crippen LogP contribution in [0.15, 0.2) is 17.0 Å². The van der Waals surface area contributed by atoms with Crippen LogP contribution in [0, 0.1) is 12.3 Å². The van der Waals surface area contributed by atoms with Crippen molar-refractivity contribution < 1.29 is 18.3 Å². The molecule has 0 unspecified atom stereocenters. The molecule has 0 radical (unpaired) electrons. The second-order valence-corrected chi connectivity index (χ2v) is 10.1. The van der Waals surface area contributed by atoms with Gasteiger partial charge in [0.15, 0.2) is 0 Å². The van der Waals surface area contributed by atoms with Gasteiger partial charge in [0.1, 0.15) is 10.6 Å². The zero-order chi connectivity index (χ0) is 19.1. The van der Waals surface area contributed by atoms with Crippen LogP contribution in [0.1, 0.15) is 63.0 Å². The van der Waals surface area contributed by atoms with Crippen LogP contribution in [-0.4, -0.2) is 44.1 Å². The Morgan fingerprint density at radius 1 is 1.27 bits per heavy atom. The molecular weight excluding hydrogens is 350 g/mol. The van der Waals surface area contributed by atoms with Crippen LogP contribution in [0.25, 0.3) is 0 Å². The number of benzene rings is 1. The highest BCUT2D eigenvalue weighted by molar-refractivity contribution is 7.89. The maximum atomic E-state index is 13.5. The molecule has 1 aromatic carbocycles. The number of methoxy groups -OCH3 is 1. The van der Waals surface area contributed by atoms with Gasteiger partial charge in [-0.25, -0.2) is 8.42 Å². The van der Waals surface area contributed by atoms with Gasteiger partial charge in [-0.3, -0.25) is 0 Å². The Morgan fingerprint density at radius 2 is 1.96 bits per heavy atom. The van der Waals surface area contributed by atoms with Crippen molar-refractivity contribution in [2.75, 3.05) is 20.2 Å². The molecule has 26 heavy (non-hydrogen) atoms. The summed E-state index contributed by atoms with van der Waals surface area (Å²) in [6.45, 7) is 7.03. The van der Waals surface area contributed by atoms with E-state index in [4.69, 9.17) is 4.74 Å². The number of piperidine rings is 1. The van der Waals surface area contributed by atoms with Crippen LogP contribution in [0.4, 0.5) is 0 Å². The molecule has 2 fully saturated rings. The first-order chi connectivity index (χ1) is 12.2. The van der Waals surface area contributed by atoms with Crippen molar-refractivity contribution in [3.8, 4) is 5.75 Å². The van der Waals surface area contributed by atoms with Crippen molar-refractivity contribution in [2.24, 2.45) is 5.41 Å². The molecule has 5 nitrogen and oxygen atoms in total. The number of hydrogen-bond acceptors (Lipinski definition) is 4. The number of aliphatic hydroxyl groups excluding tert-OH is 1. The van der Waals surface area contributed by atoms with E-state index in [1.165, 1.54) is 7.11 Å². The summed E-state index contributed by atoms with van der Waals surface area (Å²) in [4.78, 5) is 0.249. The van der Waals surface area contributed by atoms with Crippen LogP contribution < -0.4 is 4.74 Å². The van der Waals surface area contributed by atoms with E-state index >= 15 is 0 Å². The van der Waals surface area contributed by atoms with Gasteiger partial charge < -0.3 is 9.84 Å². The molecule has 1 aliphatic carbocycles. The third-order valence-corrected chi connectivity index (χ3v) is 8.09. The lowest BCUT2D eigenvalue weighted by Crippen LogP contribution is -2.49. The maximum absolute atomic E-state index is 13.5. The van der Waals surface area contributed by atoms with E-state index in [2.05, 4.69) is 13.8 Å². The van der Waals surface area contributed by atoms with E-state index < -0.39 is 16.1 Å². The lowest BCUT2D eigenvalue weighted by atomic mass is 9.77. The van der Waals surface area contributed by atoms with Crippen molar-refractivity contribution in [2.45, 2.75) is 69.8 Å². The third kappa shape index (κ3) is 3.27. The summed E-state index contributed by atoms with van der Waals surface area (Å²) in [6, 6.07) is 3.60. The zero-order valence-electron chi connectivity index (χ0n) is 16.3. The molecule has 146 valence electrons. The standard InChI is InChI=1S/C20H31NO4S/c1-14(2)16-12-18(17(25-4)11-15(16)3)26(23,24)21-10-6-9-20(13-21)8-5-7-19(20)22/h11-12,14,19,22H,5-10,13H2,1-4H3/t19-,20+/m1/s1. The summed E-state index contributed by atoms with van der Waals surface area (Å²) in [7, 11) is -2.15. The van der Waals surface area contributed by atoms with Gasteiger partial charge in [0.25, 0.3) is 0 Å². The minimum atomic E-state index is -3.67. The van der Waals surface area contributed by atoms with Gasteiger partial charge in [-0.05, 0) is 61.8 Å². The van der Waals surface area contributed by atoms with Crippen molar-refractivity contribution in [1.29, 1.82) is 0 Å². The maximum Gasteiger partial charge on any atom is 0.246 e. The van der Waals surface area contributed by atoms with Gasteiger partial charge in [0, 0.05) is 18.5 Å². The minimum absolute atomic E-state index is 0.235. The lowest BCUT2D eigenvalue weighted by Gasteiger charge is -2.42. The first-order valence-electron chi connectivity index (χ1n) is 9.58. The normalized spacial score (nSPS) is 27.4. The average Bonchev–Trinajstić information content (AvgIpc) is 2.93. The van der Waals surface area contributed by atoms with Crippen molar-refractivity contribution in [3.05, 3.63) is 23.3 Å². The fourth-order valence-corrected chi connectivity index (χ4v) is 6.46. The molecule has 0 bridgehead atoms. The van der Waals surface area contributed by atoms with Crippen molar-refractivity contribution >= 4 is 10.0 Å². The summed E-state index contributed by atoms with van der Waals surface area (Å²) >= 11 is 0. The number of sulfonamides is 1. The smallest absolute Gasteiger partial charge is 0.246 e. The van der Waals surface area contributed by atoms with Gasteiger partial charge >= 0.3 is 0 Å². The van der Waals surface area contributed by atoms with Crippen LogP contribution in [0.2, 0.25) is 0 Å². The third-order valence-electron chi connectivity index (χ3n) is 6.22. The monoisotopic (exact) mass is 381 g/mol. The van der Waals surface area contributed by atoms with E-state index in [0.29, 0.717) is 18.8 Å². The van der Waals surface area contributed by atoms with Gasteiger partial charge in [-0.2, -0.15) is 4.31 Å². The second-order valence-electron chi connectivity index (χ2n) is 8.23. The second kappa shape index (κ2) is 7.13. The Labute approximate surface area is 157 Å². The number of aliphatic hydroxyl groups is 1. The molecular formula is C20H31NO4S.